The molecule has 0 bridgehead atoms. The molecule has 0 saturated carbocycles. The van der Waals surface area contributed by atoms with E-state index < -0.39 is 5.97 Å². The van der Waals surface area contributed by atoms with Gasteiger partial charge in [0, 0.05) is 12.1 Å². The minimum atomic E-state index is -0.420. The van der Waals surface area contributed by atoms with Crippen LogP contribution in [0.3, 0.4) is 0 Å². The Bertz CT molecular complexity index is 466. The third kappa shape index (κ3) is 6.49. The molecule has 118 valence electrons. The summed E-state index contributed by atoms with van der Waals surface area (Å²) in [5.74, 6) is 0.757. The Morgan fingerprint density at radius 2 is 1.90 bits per heavy atom. The molecule has 0 aromatic heterocycles. The van der Waals surface area contributed by atoms with E-state index in [1.54, 1.807) is 0 Å². The monoisotopic (exact) mass is 295 g/mol. The minimum Gasteiger partial charge on any atom is -0.490 e. The van der Waals surface area contributed by atoms with Gasteiger partial charge in [-0.2, -0.15) is 0 Å². The van der Waals surface area contributed by atoms with Crippen molar-refractivity contribution in [2.45, 2.75) is 39.8 Å². The van der Waals surface area contributed by atoms with Crippen molar-refractivity contribution in [2.75, 3.05) is 20.3 Å². The topological polar surface area (TPSA) is 56.8 Å². The molecule has 1 N–H and O–H groups in total. The number of rotatable bonds is 7. The van der Waals surface area contributed by atoms with Gasteiger partial charge in [-0.05, 0) is 45.4 Å². The molecule has 0 unspecified atom stereocenters. The van der Waals surface area contributed by atoms with Gasteiger partial charge in [0.1, 0.15) is 0 Å². The van der Waals surface area contributed by atoms with Crippen molar-refractivity contribution in [3.05, 3.63) is 23.8 Å². The van der Waals surface area contributed by atoms with E-state index in [0.29, 0.717) is 18.1 Å². The largest absolute Gasteiger partial charge is 0.490 e. The minimum absolute atomic E-state index is 0.0475. The van der Waals surface area contributed by atoms with E-state index in [1.807, 2.05) is 25.1 Å². The highest BCUT2D eigenvalue weighted by Gasteiger charge is 2.12. The van der Waals surface area contributed by atoms with Crippen LogP contribution in [-0.4, -0.2) is 31.8 Å². The van der Waals surface area contributed by atoms with Gasteiger partial charge >= 0.3 is 5.97 Å². The first-order valence-corrected chi connectivity index (χ1v) is 7.06. The van der Waals surface area contributed by atoms with Gasteiger partial charge in [-0.15, -0.1) is 0 Å². The lowest BCUT2D eigenvalue weighted by molar-refractivity contribution is -0.142. The van der Waals surface area contributed by atoms with E-state index in [4.69, 9.17) is 9.47 Å². The molecule has 21 heavy (non-hydrogen) atoms. The highest BCUT2D eigenvalue weighted by molar-refractivity contribution is 5.71. The number of esters is 1. The average Bonchev–Trinajstić information content (AvgIpc) is 2.43. The third-order valence-corrected chi connectivity index (χ3v) is 2.70. The lowest BCUT2D eigenvalue weighted by Crippen LogP contribution is -2.35. The average molecular weight is 295 g/mol. The molecule has 0 fully saturated rings. The molecule has 0 aliphatic rings. The van der Waals surface area contributed by atoms with Crippen LogP contribution in [0.1, 0.15) is 33.3 Å². The second kappa shape index (κ2) is 7.88. The Morgan fingerprint density at radius 3 is 2.48 bits per heavy atom. The summed E-state index contributed by atoms with van der Waals surface area (Å²) >= 11 is 0. The summed E-state index contributed by atoms with van der Waals surface area (Å²) in [5.41, 5.74) is 1.14. The van der Waals surface area contributed by atoms with E-state index in [2.05, 4.69) is 30.8 Å². The molecule has 0 heterocycles. The van der Waals surface area contributed by atoms with Gasteiger partial charge in [0.25, 0.3) is 0 Å². The molecule has 5 nitrogen and oxygen atoms in total. The quantitative estimate of drug-likeness (QED) is 0.783. The molecule has 1 rings (SSSR count). The molecular weight excluding hydrogens is 270 g/mol. The van der Waals surface area contributed by atoms with Crippen LogP contribution in [0, 0.1) is 0 Å². The fourth-order valence-corrected chi connectivity index (χ4v) is 1.61. The van der Waals surface area contributed by atoms with Crippen molar-refractivity contribution >= 4 is 5.97 Å². The van der Waals surface area contributed by atoms with Crippen molar-refractivity contribution in [2.24, 2.45) is 0 Å². The van der Waals surface area contributed by atoms with E-state index in [-0.39, 0.29) is 12.1 Å². The fraction of sp³-hybridized carbons (Fsp3) is 0.562. The summed E-state index contributed by atoms with van der Waals surface area (Å²) in [4.78, 5) is 11.1. The molecule has 0 aliphatic carbocycles. The molecule has 0 radical (unpaired) electrons. The van der Waals surface area contributed by atoms with Gasteiger partial charge in [-0.1, -0.05) is 6.07 Å². The standard InChI is InChI=1S/C16H25NO4/c1-6-20-14-9-12(10-17-16(2,3)4)7-8-13(14)21-11-15(18)19-5/h7-9,17H,6,10-11H2,1-5H3. The number of carbonyl (C=O) groups excluding carboxylic acids is 1. The van der Waals surface area contributed by atoms with Crippen LogP contribution in [0.15, 0.2) is 18.2 Å². The highest BCUT2D eigenvalue weighted by Crippen LogP contribution is 2.28. The van der Waals surface area contributed by atoms with Gasteiger partial charge in [0.2, 0.25) is 0 Å². The van der Waals surface area contributed by atoms with Crippen LogP contribution in [0.25, 0.3) is 0 Å². The molecular formula is C16H25NO4. The predicted molar refractivity (Wildman–Crippen MR) is 81.7 cm³/mol. The van der Waals surface area contributed by atoms with E-state index in [0.717, 1.165) is 12.1 Å². The predicted octanol–water partition coefficient (Wildman–Crippen LogP) is 2.53. The number of hydrogen-bond acceptors (Lipinski definition) is 5. The second-order valence-corrected chi connectivity index (χ2v) is 5.68. The van der Waals surface area contributed by atoms with Gasteiger partial charge in [-0.25, -0.2) is 4.79 Å². The first kappa shape index (κ1) is 17.3. The Balaban J connectivity index is 2.78. The molecule has 1 aromatic carbocycles. The molecule has 0 aliphatic heterocycles. The van der Waals surface area contributed by atoms with Gasteiger partial charge in [0.15, 0.2) is 18.1 Å². The number of ether oxygens (including phenoxy) is 3. The smallest absolute Gasteiger partial charge is 0.343 e. The lowest BCUT2D eigenvalue weighted by atomic mass is 10.1. The summed E-state index contributed by atoms with van der Waals surface area (Å²) in [6.45, 7) is 9.39. The van der Waals surface area contributed by atoms with Crippen LogP contribution in [0.4, 0.5) is 0 Å². The van der Waals surface area contributed by atoms with Crippen molar-refractivity contribution < 1.29 is 19.0 Å². The first-order chi connectivity index (χ1) is 9.85. The Hall–Kier alpha value is -1.75. The van der Waals surface area contributed by atoms with E-state index in [1.165, 1.54) is 7.11 Å². The van der Waals surface area contributed by atoms with Crippen molar-refractivity contribution in [3.63, 3.8) is 0 Å². The van der Waals surface area contributed by atoms with Crippen molar-refractivity contribution in [1.82, 2.24) is 5.32 Å². The molecule has 0 saturated heterocycles. The van der Waals surface area contributed by atoms with E-state index in [9.17, 15) is 4.79 Å². The summed E-state index contributed by atoms with van der Waals surface area (Å²) < 4.78 is 15.6. The molecule has 0 spiro atoms. The molecule has 1 aromatic rings. The zero-order valence-corrected chi connectivity index (χ0v) is 13.5. The van der Waals surface area contributed by atoms with E-state index >= 15 is 0 Å². The maximum Gasteiger partial charge on any atom is 0.343 e. The van der Waals surface area contributed by atoms with Crippen LogP contribution in [0.2, 0.25) is 0 Å². The molecule has 0 atom stereocenters. The zero-order chi connectivity index (χ0) is 15.9. The lowest BCUT2D eigenvalue weighted by Gasteiger charge is -2.21. The highest BCUT2D eigenvalue weighted by atomic mass is 16.6. The summed E-state index contributed by atoms with van der Waals surface area (Å²) in [6, 6.07) is 5.69. The fourth-order valence-electron chi connectivity index (χ4n) is 1.61. The van der Waals surface area contributed by atoms with Crippen LogP contribution < -0.4 is 14.8 Å². The van der Waals surface area contributed by atoms with Crippen LogP contribution in [-0.2, 0) is 16.1 Å². The SMILES string of the molecule is CCOc1cc(CNC(C)(C)C)ccc1OCC(=O)OC. The third-order valence-electron chi connectivity index (χ3n) is 2.70. The number of nitrogens with one attached hydrogen (secondary N) is 1. The van der Waals surface area contributed by atoms with Crippen molar-refractivity contribution in [1.29, 1.82) is 0 Å². The summed E-state index contributed by atoms with van der Waals surface area (Å²) in [5, 5.41) is 3.42. The zero-order valence-electron chi connectivity index (χ0n) is 13.5. The maximum absolute atomic E-state index is 11.1. The van der Waals surface area contributed by atoms with Gasteiger partial charge in [0.05, 0.1) is 13.7 Å². The number of methoxy groups -OCH3 is 1. The van der Waals surface area contributed by atoms with Gasteiger partial charge < -0.3 is 19.5 Å². The maximum atomic E-state index is 11.1. The van der Waals surface area contributed by atoms with Crippen LogP contribution >= 0.6 is 0 Å². The molecule has 5 heteroatoms. The van der Waals surface area contributed by atoms with Gasteiger partial charge in [-0.3, -0.25) is 0 Å². The normalized spacial score (nSPS) is 11.1. The number of carbonyl (C=O) groups is 1. The number of hydrogen-bond donors (Lipinski definition) is 1. The molecule has 0 amide bonds. The number of benzene rings is 1. The van der Waals surface area contributed by atoms with Crippen LogP contribution in [0.5, 0.6) is 11.5 Å². The van der Waals surface area contributed by atoms with Crippen molar-refractivity contribution in [3.8, 4) is 11.5 Å². The summed E-state index contributed by atoms with van der Waals surface area (Å²) in [6.07, 6.45) is 0. The Morgan fingerprint density at radius 1 is 1.19 bits per heavy atom. The Kier molecular flexibility index (Phi) is 6.49. The first-order valence-electron chi connectivity index (χ1n) is 7.06. The summed E-state index contributed by atoms with van der Waals surface area (Å²) in [7, 11) is 1.33. The Labute approximate surface area is 126 Å². The second-order valence-electron chi connectivity index (χ2n) is 5.68.